The van der Waals surface area contributed by atoms with Gasteiger partial charge in [-0.05, 0) is 30.1 Å². The molecule has 0 aliphatic carbocycles. The summed E-state index contributed by atoms with van der Waals surface area (Å²) in [5, 5.41) is 20.8. The zero-order valence-corrected chi connectivity index (χ0v) is 9.69. The van der Waals surface area contributed by atoms with Crippen LogP contribution >= 0.6 is 0 Å². The van der Waals surface area contributed by atoms with E-state index >= 15 is 0 Å². The van der Waals surface area contributed by atoms with Gasteiger partial charge in [-0.2, -0.15) is 0 Å². The lowest BCUT2D eigenvalue weighted by atomic mass is 9.79. The van der Waals surface area contributed by atoms with Crippen molar-refractivity contribution in [2.45, 2.75) is 20.8 Å². The fraction of sp³-hybridized carbons (Fsp3) is 0.364. The number of anilines is 1. The molecule has 0 saturated carbocycles. The van der Waals surface area contributed by atoms with E-state index in [-0.39, 0.29) is 11.8 Å². The average molecular weight is 221 g/mol. The van der Waals surface area contributed by atoms with Gasteiger partial charge < -0.3 is 15.4 Å². The Balaban J connectivity index is 2.92. The molecule has 0 radical (unpaired) electrons. The van der Waals surface area contributed by atoms with Crippen LogP contribution in [-0.4, -0.2) is 23.1 Å². The normalized spacial score (nSPS) is 10.4. The van der Waals surface area contributed by atoms with Crippen molar-refractivity contribution < 1.29 is 14.8 Å². The molecule has 0 spiro atoms. The maximum atomic E-state index is 11.5. The topological polar surface area (TPSA) is 69.6 Å². The third-order valence-corrected chi connectivity index (χ3v) is 2.19. The third-order valence-electron chi connectivity index (χ3n) is 2.19. The van der Waals surface area contributed by atoms with Crippen molar-refractivity contribution in [3.63, 3.8) is 0 Å². The van der Waals surface area contributed by atoms with E-state index in [9.17, 15) is 4.79 Å². The molecule has 0 atom stereocenters. The fourth-order valence-electron chi connectivity index (χ4n) is 1.32. The molecule has 0 saturated heterocycles. The summed E-state index contributed by atoms with van der Waals surface area (Å²) in [4.78, 5) is 11.5. The Labute approximate surface area is 95.4 Å². The number of nitrogens with one attached hydrogen (secondary N) is 1. The molecule has 0 aromatic heterocycles. The first-order valence-corrected chi connectivity index (χ1v) is 5.18. The maximum Gasteiger partial charge on any atom is 0.488 e. The largest absolute Gasteiger partial charge is 0.488 e. The summed E-state index contributed by atoms with van der Waals surface area (Å²) < 4.78 is 0. The number of aryl methyl sites for hydroxylation is 1. The first-order valence-electron chi connectivity index (χ1n) is 5.18. The van der Waals surface area contributed by atoms with Crippen LogP contribution in [0.4, 0.5) is 5.69 Å². The van der Waals surface area contributed by atoms with Gasteiger partial charge in [-0.15, -0.1) is 0 Å². The second kappa shape index (κ2) is 5.14. The lowest BCUT2D eigenvalue weighted by Gasteiger charge is -2.10. The van der Waals surface area contributed by atoms with E-state index in [1.54, 1.807) is 32.0 Å². The molecule has 3 N–H and O–H groups in total. The Morgan fingerprint density at radius 3 is 2.44 bits per heavy atom. The highest BCUT2D eigenvalue weighted by molar-refractivity contribution is 6.58. The van der Waals surface area contributed by atoms with E-state index in [1.807, 2.05) is 6.92 Å². The van der Waals surface area contributed by atoms with Gasteiger partial charge in [-0.1, -0.05) is 19.9 Å². The Morgan fingerprint density at radius 2 is 1.94 bits per heavy atom. The maximum absolute atomic E-state index is 11.5. The average Bonchev–Trinajstić information content (AvgIpc) is 2.16. The predicted molar refractivity (Wildman–Crippen MR) is 64.5 cm³/mol. The molecule has 1 aromatic carbocycles. The number of carbonyl (C=O) groups excluding carboxylic acids is 1. The van der Waals surface area contributed by atoms with E-state index < -0.39 is 7.12 Å². The number of carbonyl (C=O) groups is 1. The summed E-state index contributed by atoms with van der Waals surface area (Å²) in [5.74, 6) is -0.202. The molecule has 1 aromatic rings. The van der Waals surface area contributed by atoms with Crippen LogP contribution < -0.4 is 10.8 Å². The molecule has 16 heavy (non-hydrogen) atoms. The van der Waals surface area contributed by atoms with Crippen molar-refractivity contribution in [3.05, 3.63) is 23.8 Å². The van der Waals surface area contributed by atoms with Crippen LogP contribution in [0.2, 0.25) is 0 Å². The summed E-state index contributed by atoms with van der Waals surface area (Å²) in [6, 6.07) is 5.00. The van der Waals surface area contributed by atoms with E-state index in [0.717, 1.165) is 5.56 Å². The van der Waals surface area contributed by atoms with Gasteiger partial charge in [0.1, 0.15) is 0 Å². The van der Waals surface area contributed by atoms with Gasteiger partial charge in [0.2, 0.25) is 5.91 Å². The van der Waals surface area contributed by atoms with E-state index in [2.05, 4.69) is 5.32 Å². The standard InChI is InChI=1S/C11H16BNO3/c1-7(2)11(14)13-10-5-8(3)4-9(6-10)12(15)16/h4-7,15-16H,1-3H3,(H,13,14). The Bertz CT molecular complexity index is 391. The molecule has 0 heterocycles. The monoisotopic (exact) mass is 221 g/mol. The molecule has 0 aliphatic heterocycles. The van der Waals surface area contributed by atoms with Gasteiger partial charge in [0.15, 0.2) is 0 Å². The Kier molecular flexibility index (Phi) is 4.09. The van der Waals surface area contributed by atoms with Crippen LogP contribution in [0.15, 0.2) is 18.2 Å². The zero-order valence-electron chi connectivity index (χ0n) is 9.69. The molecule has 1 rings (SSSR count). The Morgan fingerprint density at radius 1 is 1.31 bits per heavy atom. The van der Waals surface area contributed by atoms with Crippen molar-refractivity contribution >= 4 is 24.2 Å². The molecule has 0 unspecified atom stereocenters. The Hall–Kier alpha value is -1.33. The van der Waals surface area contributed by atoms with E-state index in [0.29, 0.717) is 11.2 Å². The molecule has 1 amide bonds. The quantitative estimate of drug-likeness (QED) is 0.641. The van der Waals surface area contributed by atoms with Crippen LogP contribution in [0.3, 0.4) is 0 Å². The number of hydrogen-bond donors (Lipinski definition) is 3. The predicted octanol–water partition coefficient (Wildman–Crippen LogP) is 0.269. The molecule has 0 bridgehead atoms. The zero-order chi connectivity index (χ0) is 12.3. The summed E-state index contributed by atoms with van der Waals surface area (Å²) >= 11 is 0. The van der Waals surface area contributed by atoms with Gasteiger partial charge >= 0.3 is 7.12 Å². The second-order valence-electron chi connectivity index (χ2n) is 4.15. The van der Waals surface area contributed by atoms with Gasteiger partial charge in [0.25, 0.3) is 0 Å². The van der Waals surface area contributed by atoms with Crippen molar-refractivity contribution in [3.8, 4) is 0 Å². The molecular weight excluding hydrogens is 205 g/mol. The highest BCUT2D eigenvalue weighted by atomic mass is 16.4. The number of amides is 1. The summed E-state index contributed by atoms with van der Waals surface area (Å²) in [5.41, 5.74) is 1.82. The summed E-state index contributed by atoms with van der Waals surface area (Å²) in [6.45, 7) is 5.43. The molecule has 0 fully saturated rings. The number of hydrogen-bond acceptors (Lipinski definition) is 3. The third kappa shape index (κ3) is 3.36. The molecule has 0 aliphatic rings. The lowest BCUT2D eigenvalue weighted by Crippen LogP contribution is -2.30. The SMILES string of the molecule is Cc1cc(NC(=O)C(C)C)cc(B(O)O)c1. The van der Waals surface area contributed by atoms with Crippen LogP contribution in [-0.2, 0) is 4.79 Å². The van der Waals surface area contributed by atoms with Crippen LogP contribution in [0, 0.1) is 12.8 Å². The van der Waals surface area contributed by atoms with Crippen LogP contribution in [0.5, 0.6) is 0 Å². The molecule has 5 heteroatoms. The molecular formula is C11H16BNO3. The fourth-order valence-corrected chi connectivity index (χ4v) is 1.32. The van der Waals surface area contributed by atoms with Crippen molar-refractivity contribution in [2.24, 2.45) is 5.92 Å². The van der Waals surface area contributed by atoms with Gasteiger partial charge in [0, 0.05) is 11.6 Å². The highest BCUT2D eigenvalue weighted by Crippen LogP contribution is 2.10. The number of rotatable bonds is 3. The first-order chi connectivity index (χ1) is 7.40. The molecule has 86 valence electrons. The summed E-state index contributed by atoms with van der Waals surface area (Å²) in [6.07, 6.45) is 0. The minimum atomic E-state index is -1.52. The van der Waals surface area contributed by atoms with Gasteiger partial charge in [0.05, 0.1) is 0 Å². The van der Waals surface area contributed by atoms with Crippen molar-refractivity contribution in [2.75, 3.05) is 5.32 Å². The van der Waals surface area contributed by atoms with Crippen LogP contribution in [0.1, 0.15) is 19.4 Å². The minimum absolute atomic E-state index is 0.0935. The smallest absolute Gasteiger partial charge is 0.423 e. The number of benzene rings is 1. The van der Waals surface area contributed by atoms with Gasteiger partial charge in [-0.25, -0.2) is 0 Å². The minimum Gasteiger partial charge on any atom is -0.423 e. The first kappa shape index (κ1) is 12.7. The van der Waals surface area contributed by atoms with E-state index in [4.69, 9.17) is 10.0 Å². The van der Waals surface area contributed by atoms with Crippen molar-refractivity contribution in [1.29, 1.82) is 0 Å². The highest BCUT2D eigenvalue weighted by Gasteiger charge is 2.13. The second-order valence-corrected chi connectivity index (χ2v) is 4.15. The van der Waals surface area contributed by atoms with Crippen molar-refractivity contribution in [1.82, 2.24) is 0 Å². The summed E-state index contributed by atoms with van der Waals surface area (Å²) in [7, 11) is -1.52. The van der Waals surface area contributed by atoms with Gasteiger partial charge in [-0.3, -0.25) is 4.79 Å². The molecule has 4 nitrogen and oxygen atoms in total. The van der Waals surface area contributed by atoms with Crippen LogP contribution in [0.25, 0.3) is 0 Å². The lowest BCUT2D eigenvalue weighted by molar-refractivity contribution is -0.118. The van der Waals surface area contributed by atoms with E-state index in [1.165, 1.54) is 0 Å².